The zero-order chi connectivity index (χ0) is 12.4. The van der Waals surface area contributed by atoms with Gasteiger partial charge in [-0.1, -0.05) is 33.6 Å². The average molecular weight is 228 g/mol. The molecule has 16 heavy (non-hydrogen) atoms. The van der Waals surface area contributed by atoms with Crippen molar-refractivity contribution in [1.82, 2.24) is 4.90 Å². The lowest BCUT2D eigenvalue weighted by molar-refractivity contribution is -0.135. The van der Waals surface area contributed by atoms with Crippen LogP contribution in [0.5, 0.6) is 0 Å². The van der Waals surface area contributed by atoms with E-state index in [0.29, 0.717) is 6.54 Å². The van der Waals surface area contributed by atoms with Crippen molar-refractivity contribution in [2.75, 3.05) is 19.6 Å². The molecule has 3 heteroatoms. The molecule has 0 saturated heterocycles. The third-order valence-corrected chi connectivity index (χ3v) is 3.00. The lowest BCUT2D eigenvalue weighted by Crippen LogP contribution is -2.40. The molecule has 3 nitrogen and oxygen atoms in total. The maximum Gasteiger partial charge on any atom is 0.226 e. The van der Waals surface area contributed by atoms with Crippen LogP contribution in [0.1, 0.15) is 52.9 Å². The van der Waals surface area contributed by atoms with E-state index >= 15 is 0 Å². The molecule has 0 aromatic rings. The molecule has 0 aliphatic carbocycles. The van der Waals surface area contributed by atoms with Crippen molar-refractivity contribution in [2.45, 2.75) is 52.9 Å². The van der Waals surface area contributed by atoms with E-state index in [2.05, 4.69) is 13.8 Å². The molecule has 1 amide bonds. The standard InChI is InChI=1S/C13H28N2O/c1-4-7-9-15(10-8-5-2)13(16)12(6-3)11-14/h12H,4-11,14H2,1-3H3. The first-order chi connectivity index (χ1) is 7.71. The van der Waals surface area contributed by atoms with Crippen LogP contribution < -0.4 is 5.73 Å². The van der Waals surface area contributed by atoms with E-state index in [1.165, 1.54) is 0 Å². The van der Waals surface area contributed by atoms with Crippen LogP contribution in [-0.2, 0) is 4.79 Å². The second-order valence-electron chi connectivity index (χ2n) is 4.37. The zero-order valence-corrected chi connectivity index (χ0v) is 11.2. The summed E-state index contributed by atoms with van der Waals surface area (Å²) in [5.41, 5.74) is 5.63. The third-order valence-electron chi connectivity index (χ3n) is 3.00. The highest BCUT2D eigenvalue weighted by Crippen LogP contribution is 2.09. The maximum absolute atomic E-state index is 12.2. The van der Waals surface area contributed by atoms with Crippen molar-refractivity contribution in [2.24, 2.45) is 11.7 Å². The van der Waals surface area contributed by atoms with Gasteiger partial charge in [-0.05, 0) is 19.3 Å². The lowest BCUT2D eigenvalue weighted by Gasteiger charge is -2.26. The van der Waals surface area contributed by atoms with Crippen LogP contribution >= 0.6 is 0 Å². The first kappa shape index (κ1) is 15.4. The number of amides is 1. The first-order valence-electron chi connectivity index (χ1n) is 6.69. The Morgan fingerprint density at radius 1 is 1.12 bits per heavy atom. The molecule has 96 valence electrons. The van der Waals surface area contributed by atoms with Gasteiger partial charge in [0.25, 0.3) is 0 Å². The summed E-state index contributed by atoms with van der Waals surface area (Å²) in [6.07, 6.45) is 5.31. The van der Waals surface area contributed by atoms with Gasteiger partial charge in [-0.2, -0.15) is 0 Å². The number of nitrogens with two attached hydrogens (primary N) is 1. The Kier molecular flexibility index (Phi) is 9.30. The normalized spacial score (nSPS) is 12.5. The minimum atomic E-state index is 0.0220. The van der Waals surface area contributed by atoms with Crippen LogP contribution in [0.15, 0.2) is 0 Å². The molecule has 0 aliphatic rings. The van der Waals surface area contributed by atoms with E-state index in [9.17, 15) is 4.79 Å². The fourth-order valence-electron chi connectivity index (χ4n) is 1.73. The van der Waals surface area contributed by atoms with Gasteiger partial charge in [0.05, 0.1) is 5.92 Å². The van der Waals surface area contributed by atoms with Crippen LogP contribution in [0, 0.1) is 5.92 Å². The van der Waals surface area contributed by atoms with Crippen LogP contribution in [0.4, 0.5) is 0 Å². The van der Waals surface area contributed by atoms with Gasteiger partial charge in [0, 0.05) is 19.6 Å². The van der Waals surface area contributed by atoms with Crippen molar-refractivity contribution in [3.63, 3.8) is 0 Å². The molecule has 0 saturated carbocycles. The molecule has 0 fully saturated rings. The quantitative estimate of drug-likeness (QED) is 0.658. The molecule has 2 N–H and O–H groups in total. The largest absolute Gasteiger partial charge is 0.342 e. The van der Waals surface area contributed by atoms with E-state index in [-0.39, 0.29) is 11.8 Å². The highest BCUT2D eigenvalue weighted by Gasteiger charge is 2.20. The number of carbonyl (C=O) groups is 1. The molecule has 0 spiro atoms. The number of rotatable bonds is 9. The Bertz CT molecular complexity index is 171. The van der Waals surface area contributed by atoms with Crippen molar-refractivity contribution in [3.8, 4) is 0 Å². The predicted molar refractivity (Wildman–Crippen MR) is 69.2 cm³/mol. The number of carbonyl (C=O) groups excluding carboxylic acids is 1. The van der Waals surface area contributed by atoms with E-state index in [1.807, 2.05) is 11.8 Å². The van der Waals surface area contributed by atoms with Crippen LogP contribution in [-0.4, -0.2) is 30.4 Å². The summed E-state index contributed by atoms with van der Waals surface area (Å²) in [5, 5.41) is 0. The van der Waals surface area contributed by atoms with E-state index in [4.69, 9.17) is 5.73 Å². The molecular formula is C13H28N2O. The number of unbranched alkanes of at least 4 members (excludes halogenated alkanes) is 2. The average Bonchev–Trinajstić information content (AvgIpc) is 2.30. The van der Waals surface area contributed by atoms with Gasteiger partial charge in [0.2, 0.25) is 5.91 Å². The highest BCUT2D eigenvalue weighted by atomic mass is 16.2. The summed E-state index contributed by atoms with van der Waals surface area (Å²) in [7, 11) is 0. The number of nitrogens with zero attached hydrogens (tertiary/aromatic N) is 1. The Hall–Kier alpha value is -0.570. The third kappa shape index (κ3) is 5.50. The van der Waals surface area contributed by atoms with Crippen molar-refractivity contribution in [3.05, 3.63) is 0 Å². The Morgan fingerprint density at radius 2 is 1.62 bits per heavy atom. The molecular weight excluding hydrogens is 200 g/mol. The van der Waals surface area contributed by atoms with Gasteiger partial charge in [-0.15, -0.1) is 0 Å². The molecule has 0 aromatic heterocycles. The number of hydrogen-bond acceptors (Lipinski definition) is 2. The molecule has 0 heterocycles. The topological polar surface area (TPSA) is 46.3 Å². The summed E-state index contributed by atoms with van der Waals surface area (Å²) in [6.45, 7) is 8.61. The Labute approximate surface area is 100 Å². The van der Waals surface area contributed by atoms with Crippen LogP contribution in [0.25, 0.3) is 0 Å². The minimum Gasteiger partial charge on any atom is -0.342 e. The van der Waals surface area contributed by atoms with Gasteiger partial charge < -0.3 is 10.6 Å². The molecule has 0 aromatic carbocycles. The summed E-state index contributed by atoms with van der Waals surface area (Å²) in [4.78, 5) is 14.2. The SMILES string of the molecule is CCCCN(CCCC)C(=O)C(CC)CN. The molecule has 1 unspecified atom stereocenters. The molecule has 0 aliphatic heterocycles. The Morgan fingerprint density at radius 3 is 1.94 bits per heavy atom. The second kappa shape index (κ2) is 9.64. The maximum atomic E-state index is 12.2. The van der Waals surface area contributed by atoms with Gasteiger partial charge >= 0.3 is 0 Å². The Balaban J connectivity index is 4.28. The van der Waals surface area contributed by atoms with Gasteiger partial charge in [-0.3, -0.25) is 4.79 Å². The summed E-state index contributed by atoms with van der Waals surface area (Å²) in [6, 6.07) is 0. The van der Waals surface area contributed by atoms with Gasteiger partial charge in [0.1, 0.15) is 0 Å². The fraction of sp³-hybridized carbons (Fsp3) is 0.923. The first-order valence-corrected chi connectivity index (χ1v) is 6.69. The van der Waals surface area contributed by atoms with Crippen molar-refractivity contribution < 1.29 is 4.79 Å². The highest BCUT2D eigenvalue weighted by molar-refractivity contribution is 5.79. The summed E-state index contributed by atoms with van der Waals surface area (Å²) >= 11 is 0. The summed E-state index contributed by atoms with van der Waals surface area (Å²) in [5.74, 6) is 0.278. The predicted octanol–water partition coefficient (Wildman–Crippen LogP) is 2.40. The molecule has 0 rings (SSSR count). The zero-order valence-electron chi connectivity index (χ0n) is 11.2. The second-order valence-corrected chi connectivity index (χ2v) is 4.37. The minimum absolute atomic E-state index is 0.0220. The van der Waals surface area contributed by atoms with E-state index < -0.39 is 0 Å². The fourth-order valence-corrected chi connectivity index (χ4v) is 1.73. The van der Waals surface area contributed by atoms with Crippen molar-refractivity contribution in [1.29, 1.82) is 0 Å². The van der Waals surface area contributed by atoms with Crippen LogP contribution in [0.3, 0.4) is 0 Å². The van der Waals surface area contributed by atoms with E-state index in [1.54, 1.807) is 0 Å². The van der Waals surface area contributed by atoms with Crippen molar-refractivity contribution >= 4 is 5.91 Å². The molecule has 0 radical (unpaired) electrons. The van der Waals surface area contributed by atoms with Gasteiger partial charge in [-0.25, -0.2) is 0 Å². The number of hydrogen-bond donors (Lipinski definition) is 1. The monoisotopic (exact) mass is 228 g/mol. The smallest absolute Gasteiger partial charge is 0.226 e. The summed E-state index contributed by atoms with van der Waals surface area (Å²) < 4.78 is 0. The lowest BCUT2D eigenvalue weighted by atomic mass is 10.0. The molecule has 0 bridgehead atoms. The van der Waals surface area contributed by atoms with Crippen LogP contribution in [0.2, 0.25) is 0 Å². The van der Waals surface area contributed by atoms with Gasteiger partial charge in [0.15, 0.2) is 0 Å². The van der Waals surface area contributed by atoms with E-state index in [0.717, 1.165) is 45.2 Å². The molecule has 1 atom stereocenters.